The van der Waals surface area contributed by atoms with Crippen molar-refractivity contribution in [1.29, 1.82) is 0 Å². The summed E-state index contributed by atoms with van der Waals surface area (Å²) < 4.78 is 2.80. The number of benzene rings is 1. The summed E-state index contributed by atoms with van der Waals surface area (Å²) in [5.74, 6) is 1.46. The number of aromatic amines is 1. The zero-order valence-corrected chi connectivity index (χ0v) is 11.0. The number of aromatic nitrogens is 3. The molecule has 1 N–H and O–H groups in total. The highest BCUT2D eigenvalue weighted by molar-refractivity contribution is 7.71. The first-order valence-corrected chi connectivity index (χ1v) is 6.32. The summed E-state index contributed by atoms with van der Waals surface area (Å²) in [4.78, 5) is 0. The maximum atomic E-state index is 5.25. The molecule has 1 unspecified atom stereocenters. The van der Waals surface area contributed by atoms with Crippen LogP contribution in [-0.4, -0.2) is 14.8 Å². The Hall–Kier alpha value is -1.42. The molecule has 1 aromatic heterocycles. The second-order valence-corrected chi connectivity index (χ2v) is 4.61. The van der Waals surface area contributed by atoms with Crippen molar-refractivity contribution in [3.63, 3.8) is 0 Å². The molecule has 0 aliphatic heterocycles. The molecule has 2 rings (SSSR count). The Kier molecular flexibility index (Phi) is 3.74. The standard InChI is InChI=1S/C13H17N3S/c1-3-12-14-15-13(17)16(12)9-10(2)11-7-5-4-6-8-11/h4-8,10H,3,9H2,1-2H3,(H,15,17). The van der Waals surface area contributed by atoms with Crippen LogP contribution < -0.4 is 0 Å². The van der Waals surface area contributed by atoms with E-state index in [1.807, 2.05) is 6.07 Å². The summed E-state index contributed by atoms with van der Waals surface area (Å²) in [6.45, 7) is 5.18. The molecule has 0 radical (unpaired) electrons. The molecule has 0 fully saturated rings. The van der Waals surface area contributed by atoms with Gasteiger partial charge in [-0.05, 0) is 23.7 Å². The van der Waals surface area contributed by atoms with Crippen molar-refractivity contribution in [2.75, 3.05) is 0 Å². The van der Waals surface area contributed by atoms with Gasteiger partial charge in [-0.2, -0.15) is 5.10 Å². The summed E-state index contributed by atoms with van der Waals surface area (Å²) >= 11 is 5.25. The molecule has 2 aromatic rings. The molecule has 0 saturated heterocycles. The molecule has 0 aliphatic carbocycles. The lowest BCUT2D eigenvalue weighted by atomic mass is 10.0. The van der Waals surface area contributed by atoms with Gasteiger partial charge in [0, 0.05) is 13.0 Å². The Bertz CT molecular complexity index is 527. The summed E-state index contributed by atoms with van der Waals surface area (Å²) in [6.07, 6.45) is 0.897. The number of nitrogens with zero attached hydrogens (tertiary/aromatic N) is 2. The van der Waals surface area contributed by atoms with Crippen LogP contribution in [0.3, 0.4) is 0 Å². The highest BCUT2D eigenvalue weighted by Crippen LogP contribution is 2.17. The fraction of sp³-hybridized carbons (Fsp3) is 0.385. The van der Waals surface area contributed by atoms with Crippen LogP contribution in [0.2, 0.25) is 0 Å². The maximum absolute atomic E-state index is 5.25. The third-order valence-electron chi connectivity index (χ3n) is 2.98. The lowest BCUT2D eigenvalue weighted by molar-refractivity contribution is 0.569. The second kappa shape index (κ2) is 5.27. The van der Waals surface area contributed by atoms with Crippen LogP contribution in [0.25, 0.3) is 0 Å². The fourth-order valence-corrected chi connectivity index (χ4v) is 2.19. The van der Waals surface area contributed by atoms with Crippen molar-refractivity contribution in [3.05, 3.63) is 46.5 Å². The van der Waals surface area contributed by atoms with E-state index in [4.69, 9.17) is 12.2 Å². The van der Waals surface area contributed by atoms with Crippen molar-refractivity contribution in [3.8, 4) is 0 Å². The molecule has 0 aliphatic rings. The van der Waals surface area contributed by atoms with E-state index in [1.165, 1.54) is 5.56 Å². The molecule has 17 heavy (non-hydrogen) atoms. The molecule has 90 valence electrons. The van der Waals surface area contributed by atoms with Crippen LogP contribution in [0.5, 0.6) is 0 Å². The van der Waals surface area contributed by atoms with Gasteiger partial charge in [-0.15, -0.1) is 0 Å². The van der Waals surface area contributed by atoms with Gasteiger partial charge in [0.1, 0.15) is 5.82 Å². The van der Waals surface area contributed by atoms with E-state index in [2.05, 4.69) is 52.9 Å². The van der Waals surface area contributed by atoms with Gasteiger partial charge in [-0.1, -0.05) is 44.2 Å². The van der Waals surface area contributed by atoms with Gasteiger partial charge >= 0.3 is 0 Å². The lowest BCUT2D eigenvalue weighted by Gasteiger charge is -2.13. The predicted molar refractivity (Wildman–Crippen MR) is 71.6 cm³/mol. The lowest BCUT2D eigenvalue weighted by Crippen LogP contribution is -2.09. The van der Waals surface area contributed by atoms with E-state index in [0.717, 1.165) is 18.8 Å². The molecule has 0 amide bonds. The van der Waals surface area contributed by atoms with Gasteiger partial charge in [0.25, 0.3) is 0 Å². The van der Waals surface area contributed by atoms with Crippen molar-refractivity contribution in [2.45, 2.75) is 32.7 Å². The zero-order chi connectivity index (χ0) is 12.3. The first kappa shape index (κ1) is 12.0. The molecule has 1 aromatic carbocycles. The quantitative estimate of drug-likeness (QED) is 0.841. The Balaban J connectivity index is 2.21. The van der Waals surface area contributed by atoms with Crippen LogP contribution in [0.1, 0.15) is 31.2 Å². The van der Waals surface area contributed by atoms with E-state index in [-0.39, 0.29) is 0 Å². The van der Waals surface area contributed by atoms with Gasteiger partial charge in [0.2, 0.25) is 0 Å². The largest absolute Gasteiger partial charge is 0.304 e. The van der Waals surface area contributed by atoms with Gasteiger partial charge in [-0.25, -0.2) is 0 Å². The Morgan fingerprint density at radius 1 is 1.35 bits per heavy atom. The molecule has 1 atom stereocenters. The molecule has 0 spiro atoms. The van der Waals surface area contributed by atoms with Gasteiger partial charge in [0.15, 0.2) is 4.77 Å². The van der Waals surface area contributed by atoms with Crippen molar-refractivity contribution >= 4 is 12.2 Å². The number of rotatable bonds is 4. The molecular formula is C13H17N3S. The van der Waals surface area contributed by atoms with Crippen LogP contribution in [0, 0.1) is 4.77 Å². The minimum atomic E-state index is 0.436. The highest BCUT2D eigenvalue weighted by Gasteiger charge is 2.10. The molecule has 3 nitrogen and oxygen atoms in total. The Morgan fingerprint density at radius 3 is 2.71 bits per heavy atom. The highest BCUT2D eigenvalue weighted by atomic mass is 32.1. The van der Waals surface area contributed by atoms with E-state index in [9.17, 15) is 0 Å². The SMILES string of the molecule is CCc1n[nH]c(=S)n1CC(C)c1ccccc1. The van der Waals surface area contributed by atoms with Gasteiger partial charge < -0.3 is 4.57 Å². The minimum Gasteiger partial charge on any atom is -0.304 e. The second-order valence-electron chi connectivity index (χ2n) is 4.22. The monoisotopic (exact) mass is 247 g/mol. The Morgan fingerprint density at radius 2 is 2.06 bits per heavy atom. The minimum absolute atomic E-state index is 0.436. The number of aryl methyl sites for hydroxylation is 1. The van der Waals surface area contributed by atoms with Crippen LogP contribution in [0.15, 0.2) is 30.3 Å². The summed E-state index contributed by atoms with van der Waals surface area (Å²) in [5, 5.41) is 7.09. The van der Waals surface area contributed by atoms with Crippen LogP contribution >= 0.6 is 12.2 Å². The van der Waals surface area contributed by atoms with Crippen molar-refractivity contribution in [2.24, 2.45) is 0 Å². The molecule has 1 heterocycles. The molecule has 0 saturated carbocycles. The smallest absolute Gasteiger partial charge is 0.195 e. The van der Waals surface area contributed by atoms with Crippen molar-refractivity contribution < 1.29 is 0 Å². The van der Waals surface area contributed by atoms with Crippen LogP contribution in [0.4, 0.5) is 0 Å². The average Bonchev–Trinajstić information content (AvgIpc) is 2.71. The van der Waals surface area contributed by atoms with Crippen LogP contribution in [-0.2, 0) is 13.0 Å². The van der Waals surface area contributed by atoms with E-state index < -0.39 is 0 Å². The van der Waals surface area contributed by atoms with E-state index >= 15 is 0 Å². The first-order valence-electron chi connectivity index (χ1n) is 5.91. The maximum Gasteiger partial charge on any atom is 0.195 e. The van der Waals surface area contributed by atoms with Crippen molar-refractivity contribution in [1.82, 2.24) is 14.8 Å². The normalized spacial score (nSPS) is 12.6. The third kappa shape index (κ3) is 2.64. The predicted octanol–water partition coefficient (Wildman–Crippen LogP) is 3.31. The van der Waals surface area contributed by atoms with E-state index in [0.29, 0.717) is 10.7 Å². The van der Waals surface area contributed by atoms with Gasteiger partial charge in [-0.3, -0.25) is 5.10 Å². The summed E-state index contributed by atoms with van der Waals surface area (Å²) in [7, 11) is 0. The summed E-state index contributed by atoms with van der Waals surface area (Å²) in [6, 6.07) is 10.5. The fourth-order valence-electron chi connectivity index (χ4n) is 1.97. The summed E-state index contributed by atoms with van der Waals surface area (Å²) in [5.41, 5.74) is 1.33. The number of nitrogens with one attached hydrogen (secondary N) is 1. The topological polar surface area (TPSA) is 33.6 Å². The first-order chi connectivity index (χ1) is 8.22. The number of H-pyrrole nitrogens is 1. The third-order valence-corrected chi connectivity index (χ3v) is 3.29. The molecular weight excluding hydrogens is 230 g/mol. The van der Waals surface area contributed by atoms with Gasteiger partial charge in [0.05, 0.1) is 0 Å². The zero-order valence-electron chi connectivity index (χ0n) is 10.2. The van der Waals surface area contributed by atoms with E-state index in [1.54, 1.807) is 0 Å². The average molecular weight is 247 g/mol. The molecule has 0 bridgehead atoms. The number of hydrogen-bond donors (Lipinski definition) is 1. The Labute approximate surface area is 106 Å². The molecule has 4 heteroatoms. The number of hydrogen-bond acceptors (Lipinski definition) is 2.